The minimum absolute atomic E-state index is 0.308. The maximum absolute atomic E-state index is 10.9. The summed E-state index contributed by atoms with van der Waals surface area (Å²) in [5.41, 5.74) is 0. The molecule has 0 atom stereocenters. The first kappa shape index (κ1) is 11.0. The number of hydrogen-bond donors (Lipinski definition) is 0. The van der Waals surface area contributed by atoms with Crippen LogP contribution in [0, 0.1) is 5.92 Å². The molecule has 0 bridgehead atoms. The van der Waals surface area contributed by atoms with Crippen molar-refractivity contribution in [3.05, 3.63) is 12.2 Å². The van der Waals surface area contributed by atoms with Gasteiger partial charge in [0.25, 0.3) is 0 Å². The van der Waals surface area contributed by atoms with Crippen LogP contribution in [-0.4, -0.2) is 18.9 Å². The summed E-state index contributed by atoms with van der Waals surface area (Å²) in [5, 5.41) is 0. The van der Waals surface area contributed by atoms with Crippen LogP contribution < -0.4 is 0 Å². The SMILES string of the molecule is COC(=O)/C=C/CC1CCC(=O)CC1. The van der Waals surface area contributed by atoms with E-state index in [2.05, 4.69) is 4.74 Å². The third-order valence-corrected chi connectivity index (χ3v) is 2.59. The Labute approximate surface area is 84.1 Å². The van der Waals surface area contributed by atoms with Gasteiger partial charge in [0.1, 0.15) is 5.78 Å². The number of esters is 1. The number of rotatable bonds is 3. The van der Waals surface area contributed by atoms with Crippen LogP contribution in [0.1, 0.15) is 32.1 Å². The van der Waals surface area contributed by atoms with Gasteiger partial charge in [-0.05, 0) is 25.2 Å². The summed E-state index contributed by atoms with van der Waals surface area (Å²) in [5.74, 6) is 0.628. The van der Waals surface area contributed by atoms with Crippen molar-refractivity contribution < 1.29 is 14.3 Å². The van der Waals surface area contributed by atoms with Gasteiger partial charge in [-0.25, -0.2) is 4.79 Å². The maximum Gasteiger partial charge on any atom is 0.330 e. The molecule has 3 heteroatoms. The van der Waals surface area contributed by atoms with Crippen LogP contribution in [0.4, 0.5) is 0 Å². The van der Waals surface area contributed by atoms with E-state index in [9.17, 15) is 9.59 Å². The van der Waals surface area contributed by atoms with Crippen LogP contribution in [0.25, 0.3) is 0 Å². The molecule has 0 aromatic heterocycles. The van der Waals surface area contributed by atoms with Crippen molar-refractivity contribution in [2.24, 2.45) is 5.92 Å². The number of methoxy groups -OCH3 is 1. The van der Waals surface area contributed by atoms with Gasteiger partial charge in [0.2, 0.25) is 0 Å². The second kappa shape index (κ2) is 5.58. The normalized spacial score (nSPS) is 18.8. The third kappa shape index (κ3) is 3.73. The van der Waals surface area contributed by atoms with E-state index in [0.29, 0.717) is 24.5 Å². The van der Waals surface area contributed by atoms with E-state index in [1.807, 2.05) is 6.08 Å². The zero-order valence-corrected chi connectivity index (χ0v) is 8.49. The zero-order valence-electron chi connectivity index (χ0n) is 8.49. The molecule has 0 heterocycles. The Morgan fingerprint density at radius 2 is 2.14 bits per heavy atom. The van der Waals surface area contributed by atoms with Crippen molar-refractivity contribution in [3.8, 4) is 0 Å². The van der Waals surface area contributed by atoms with Crippen LogP contribution in [0.2, 0.25) is 0 Å². The molecule has 0 aromatic rings. The topological polar surface area (TPSA) is 43.4 Å². The molecule has 0 radical (unpaired) electrons. The van der Waals surface area contributed by atoms with E-state index < -0.39 is 0 Å². The number of Topliss-reactive ketones (excluding diaryl/α,β-unsaturated/α-hetero) is 1. The summed E-state index contributed by atoms with van der Waals surface area (Å²) >= 11 is 0. The number of carbonyl (C=O) groups excluding carboxylic acids is 2. The molecule has 1 rings (SSSR count). The predicted molar refractivity (Wildman–Crippen MR) is 52.7 cm³/mol. The van der Waals surface area contributed by atoms with Crippen LogP contribution in [-0.2, 0) is 14.3 Å². The van der Waals surface area contributed by atoms with Gasteiger partial charge in [-0.1, -0.05) is 6.08 Å². The molecule has 1 aliphatic rings. The molecule has 1 aliphatic carbocycles. The molecule has 14 heavy (non-hydrogen) atoms. The predicted octanol–water partition coefficient (Wildman–Crippen LogP) is 1.86. The molecule has 0 N–H and O–H groups in total. The highest BCUT2D eigenvalue weighted by molar-refractivity contribution is 5.81. The maximum atomic E-state index is 10.9. The van der Waals surface area contributed by atoms with Crippen molar-refractivity contribution >= 4 is 11.8 Å². The Morgan fingerprint density at radius 3 is 2.71 bits per heavy atom. The lowest BCUT2D eigenvalue weighted by Crippen LogP contribution is -2.13. The fraction of sp³-hybridized carbons (Fsp3) is 0.636. The molecular formula is C11H16O3. The lowest BCUT2D eigenvalue weighted by Gasteiger charge is -2.18. The average molecular weight is 196 g/mol. The van der Waals surface area contributed by atoms with Gasteiger partial charge in [-0.2, -0.15) is 0 Å². The molecular weight excluding hydrogens is 180 g/mol. The summed E-state index contributed by atoms with van der Waals surface area (Å²) in [6.07, 6.45) is 7.51. The molecule has 0 aliphatic heterocycles. The van der Waals surface area contributed by atoms with Crippen molar-refractivity contribution in [1.29, 1.82) is 0 Å². The zero-order chi connectivity index (χ0) is 10.4. The first-order valence-electron chi connectivity index (χ1n) is 4.98. The molecule has 0 saturated heterocycles. The van der Waals surface area contributed by atoms with Crippen LogP contribution in [0.5, 0.6) is 0 Å². The first-order chi connectivity index (χ1) is 6.72. The number of ether oxygens (including phenoxy) is 1. The van der Waals surface area contributed by atoms with Gasteiger partial charge in [0.15, 0.2) is 0 Å². The monoisotopic (exact) mass is 196 g/mol. The second-order valence-electron chi connectivity index (χ2n) is 3.64. The Hall–Kier alpha value is -1.12. The van der Waals surface area contributed by atoms with E-state index in [0.717, 1.165) is 19.3 Å². The Kier molecular flexibility index (Phi) is 4.36. The van der Waals surface area contributed by atoms with Crippen molar-refractivity contribution in [2.45, 2.75) is 32.1 Å². The standard InChI is InChI=1S/C11H16O3/c1-14-11(13)4-2-3-9-5-7-10(12)8-6-9/h2,4,9H,3,5-8H2,1H3/b4-2+. The summed E-state index contributed by atoms with van der Waals surface area (Å²) in [4.78, 5) is 21.7. The molecule has 0 amide bonds. The van der Waals surface area contributed by atoms with E-state index in [1.165, 1.54) is 13.2 Å². The average Bonchev–Trinajstić information content (AvgIpc) is 2.21. The molecule has 0 aromatic carbocycles. The van der Waals surface area contributed by atoms with Crippen LogP contribution in [0.15, 0.2) is 12.2 Å². The van der Waals surface area contributed by atoms with Gasteiger partial charge in [-0.15, -0.1) is 0 Å². The Morgan fingerprint density at radius 1 is 1.50 bits per heavy atom. The summed E-state index contributed by atoms with van der Waals surface area (Å²) in [7, 11) is 1.37. The number of allylic oxidation sites excluding steroid dienone is 1. The largest absolute Gasteiger partial charge is 0.466 e. The van der Waals surface area contributed by atoms with Crippen molar-refractivity contribution in [2.75, 3.05) is 7.11 Å². The molecule has 3 nitrogen and oxygen atoms in total. The van der Waals surface area contributed by atoms with Gasteiger partial charge >= 0.3 is 5.97 Å². The Bertz CT molecular complexity index is 233. The molecule has 0 unspecified atom stereocenters. The van der Waals surface area contributed by atoms with E-state index in [-0.39, 0.29) is 5.97 Å². The molecule has 78 valence electrons. The number of hydrogen-bond acceptors (Lipinski definition) is 3. The van der Waals surface area contributed by atoms with Crippen molar-refractivity contribution in [3.63, 3.8) is 0 Å². The van der Waals surface area contributed by atoms with E-state index >= 15 is 0 Å². The minimum atomic E-state index is -0.308. The number of carbonyl (C=O) groups is 2. The smallest absolute Gasteiger partial charge is 0.330 e. The Balaban J connectivity index is 2.22. The van der Waals surface area contributed by atoms with Crippen LogP contribution >= 0.6 is 0 Å². The molecule has 0 spiro atoms. The van der Waals surface area contributed by atoms with E-state index in [1.54, 1.807) is 0 Å². The highest BCUT2D eigenvalue weighted by Gasteiger charge is 2.17. The fourth-order valence-electron chi connectivity index (χ4n) is 1.66. The minimum Gasteiger partial charge on any atom is -0.466 e. The molecule has 1 saturated carbocycles. The van der Waals surface area contributed by atoms with Gasteiger partial charge in [0.05, 0.1) is 7.11 Å². The van der Waals surface area contributed by atoms with Crippen LogP contribution in [0.3, 0.4) is 0 Å². The first-order valence-corrected chi connectivity index (χ1v) is 4.98. The summed E-state index contributed by atoms with van der Waals surface area (Å²) in [6.45, 7) is 0. The van der Waals surface area contributed by atoms with Crippen molar-refractivity contribution in [1.82, 2.24) is 0 Å². The van der Waals surface area contributed by atoms with Gasteiger partial charge in [0, 0.05) is 18.9 Å². The van der Waals surface area contributed by atoms with E-state index in [4.69, 9.17) is 0 Å². The van der Waals surface area contributed by atoms with Gasteiger partial charge < -0.3 is 4.74 Å². The summed E-state index contributed by atoms with van der Waals surface area (Å²) in [6, 6.07) is 0. The second-order valence-corrected chi connectivity index (χ2v) is 3.64. The lowest BCUT2D eigenvalue weighted by atomic mass is 9.86. The number of ketones is 1. The highest BCUT2D eigenvalue weighted by atomic mass is 16.5. The summed E-state index contributed by atoms with van der Waals surface area (Å²) < 4.78 is 4.48. The third-order valence-electron chi connectivity index (χ3n) is 2.59. The lowest BCUT2D eigenvalue weighted by molar-refractivity contribution is -0.134. The quantitative estimate of drug-likeness (QED) is 0.511. The molecule has 1 fully saturated rings. The van der Waals surface area contributed by atoms with Gasteiger partial charge in [-0.3, -0.25) is 4.79 Å². The highest BCUT2D eigenvalue weighted by Crippen LogP contribution is 2.24. The fourth-order valence-corrected chi connectivity index (χ4v) is 1.66.